The Morgan fingerprint density at radius 3 is 2.28 bits per heavy atom. The van der Waals surface area contributed by atoms with Crippen molar-refractivity contribution >= 4 is 22.4 Å². The van der Waals surface area contributed by atoms with E-state index in [0.29, 0.717) is 29.5 Å². The van der Waals surface area contributed by atoms with Gasteiger partial charge in [0.05, 0.1) is 0 Å². The molecule has 0 heterocycles. The van der Waals surface area contributed by atoms with E-state index < -0.39 is 22.2 Å². The molecule has 0 N–H and O–H groups in total. The fourth-order valence-corrected chi connectivity index (χ4v) is 10.6. The van der Waals surface area contributed by atoms with Crippen LogP contribution in [0, 0.1) is 46.8 Å². The number of carbonyl (C=O) groups excluding carboxylic acids is 1. The summed E-state index contributed by atoms with van der Waals surface area (Å²) in [5, 5.41) is 0. The number of rotatable bonds is 5. The van der Waals surface area contributed by atoms with Crippen LogP contribution < -0.4 is 0 Å². The van der Waals surface area contributed by atoms with Crippen LogP contribution in [0.4, 0.5) is 0 Å². The molecule has 0 aromatic rings. The standard InChI is InChI=1S/C27H46O3Si2/c1-9-27(30-32(6,7)8)17-14-23-22-11-10-20-18-21(28)12-16-26(20,19-29-31(3,4)5)24(22)13-15-25(23,27)2/h1,20,22-24H,10-19H2,2-8H3/t20?,22-,23-,24+,25-,26+,27?/m0/s1. The number of Topliss-reactive ketones (excluding diaryl/α,β-unsaturated/α-hetero) is 1. The maximum absolute atomic E-state index is 12.4. The van der Waals surface area contributed by atoms with Gasteiger partial charge in [-0.25, -0.2) is 0 Å². The normalized spacial score (nSPS) is 44.4. The topological polar surface area (TPSA) is 35.5 Å². The summed E-state index contributed by atoms with van der Waals surface area (Å²) >= 11 is 0. The number of hydrogen-bond donors (Lipinski definition) is 0. The summed E-state index contributed by atoms with van der Waals surface area (Å²) in [6, 6.07) is 0. The largest absolute Gasteiger partial charge is 0.417 e. The highest BCUT2D eigenvalue weighted by Gasteiger charge is 2.66. The molecule has 0 aromatic carbocycles. The molecule has 0 amide bonds. The number of hydrogen-bond acceptors (Lipinski definition) is 3. The first-order valence-electron chi connectivity index (χ1n) is 13.1. The summed E-state index contributed by atoms with van der Waals surface area (Å²) in [4.78, 5) is 12.4. The third-order valence-corrected chi connectivity index (χ3v) is 11.8. The van der Waals surface area contributed by atoms with Crippen LogP contribution in [0.1, 0.15) is 64.7 Å². The molecule has 0 saturated heterocycles. The second kappa shape index (κ2) is 8.07. The van der Waals surface area contributed by atoms with Gasteiger partial charge in [-0.05, 0) is 113 Å². The van der Waals surface area contributed by atoms with Crippen LogP contribution in [0.5, 0.6) is 0 Å². The predicted octanol–water partition coefficient (Wildman–Crippen LogP) is 6.65. The molecule has 32 heavy (non-hydrogen) atoms. The van der Waals surface area contributed by atoms with Crippen molar-refractivity contribution < 1.29 is 13.6 Å². The Labute approximate surface area is 199 Å². The van der Waals surface area contributed by atoms with E-state index in [-0.39, 0.29) is 10.8 Å². The molecule has 4 fully saturated rings. The summed E-state index contributed by atoms with van der Waals surface area (Å²) in [5.41, 5.74) is -0.130. The Hall–Kier alpha value is -0.416. The summed E-state index contributed by atoms with van der Waals surface area (Å²) in [6.45, 7) is 17.1. The Morgan fingerprint density at radius 1 is 0.969 bits per heavy atom. The van der Waals surface area contributed by atoms with Gasteiger partial charge in [0.2, 0.25) is 0 Å². The monoisotopic (exact) mass is 474 g/mol. The van der Waals surface area contributed by atoms with Gasteiger partial charge in [-0.2, -0.15) is 0 Å². The highest BCUT2D eigenvalue weighted by Crippen LogP contribution is 2.69. The first-order chi connectivity index (χ1) is 14.8. The minimum atomic E-state index is -1.76. The van der Waals surface area contributed by atoms with E-state index in [0.717, 1.165) is 38.7 Å². The van der Waals surface area contributed by atoms with E-state index in [1.54, 1.807) is 0 Å². The molecule has 3 nitrogen and oxygen atoms in total. The second-order valence-electron chi connectivity index (χ2n) is 13.7. The molecular weight excluding hydrogens is 428 g/mol. The van der Waals surface area contributed by atoms with Crippen LogP contribution in [0.25, 0.3) is 0 Å². The van der Waals surface area contributed by atoms with E-state index in [4.69, 9.17) is 15.3 Å². The van der Waals surface area contributed by atoms with Crippen molar-refractivity contribution in [3.63, 3.8) is 0 Å². The fourth-order valence-electron chi connectivity index (χ4n) is 8.43. The van der Waals surface area contributed by atoms with E-state index in [2.05, 4.69) is 52.1 Å². The smallest absolute Gasteiger partial charge is 0.185 e. The fraction of sp³-hybridized carbons (Fsp3) is 0.889. The highest BCUT2D eigenvalue weighted by atomic mass is 28.4. The maximum atomic E-state index is 12.4. The van der Waals surface area contributed by atoms with Crippen molar-refractivity contribution in [3.05, 3.63) is 0 Å². The van der Waals surface area contributed by atoms with Gasteiger partial charge in [0.1, 0.15) is 11.4 Å². The molecule has 4 rings (SSSR count). The molecule has 0 aliphatic heterocycles. The molecule has 0 aromatic heterocycles. The quantitative estimate of drug-likeness (QED) is 0.330. The molecule has 0 bridgehead atoms. The Kier molecular flexibility index (Phi) is 6.23. The van der Waals surface area contributed by atoms with E-state index in [1.807, 2.05) is 0 Å². The van der Waals surface area contributed by atoms with Gasteiger partial charge in [-0.1, -0.05) is 12.8 Å². The number of ketones is 1. The minimum absolute atomic E-state index is 0.0708. The lowest BCUT2D eigenvalue weighted by molar-refractivity contribution is -0.158. The van der Waals surface area contributed by atoms with Gasteiger partial charge in [0.25, 0.3) is 0 Å². The van der Waals surface area contributed by atoms with Crippen LogP contribution in [-0.2, 0) is 13.6 Å². The maximum Gasteiger partial charge on any atom is 0.185 e. The Morgan fingerprint density at radius 2 is 1.66 bits per heavy atom. The first-order valence-corrected chi connectivity index (χ1v) is 19.9. The second-order valence-corrected chi connectivity index (χ2v) is 22.7. The van der Waals surface area contributed by atoms with Crippen LogP contribution in [-0.4, -0.2) is 34.6 Å². The SMILES string of the molecule is C#CC1(O[Si](C)(C)C)CC[C@H]2[C@@H]3CCC4CC(=O)CC[C@]4(CO[Si](C)(C)C)[C@@H]3CC[C@@]21C. The molecule has 4 saturated carbocycles. The highest BCUT2D eigenvalue weighted by molar-refractivity contribution is 6.70. The van der Waals surface area contributed by atoms with Crippen molar-refractivity contribution in [1.82, 2.24) is 0 Å². The van der Waals surface area contributed by atoms with E-state index >= 15 is 0 Å². The average Bonchev–Trinajstić information content (AvgIpc) is 2.97. The van der Waals surface area contributed by atoms with Gasteiger partial charge in [0.15, 0.2) is 16.6 Å². The first kappa shape index (κ1) is 24.7. The summed E-state index contributed by atoms with van der Waals surface area (Å²) in [6.07, 6.45) is 15.9. The van der Waals surface area contributed by atoms with Crippen molar-refractivity contribution in [2.45, 2.75) is 110 Å². The zero-order valence-corrected chi connectivity index (χ0v) is 23.7. The van der Waals surface area contributed by atoms with Crippen molar-refractivity contribution in [2.75, 3.05) is 6.61 Å². The lowest BCUT2D eigenvalue weighted by Gasteiger charge is -2.62. The van der Waals surface area contributed by atoms with Crippen molar-refractivity contribution in [3.8, 4) is 12.3 Å². The molecule has 0 spiro atoms. The summed E-state index contributed by atoms with van der Waals surface area (Å²) in [5.74, 6) is 6.23. The third kappa shape index (κ3) is 4.02. The minimum Gasteiger partial charge on any atom is -0.417 e. The molecule has 5 heteroatoms. The van der Waals surface area contributed by atoms with Crippen molar-refractivity contribution in [2.24, 2.45) is 34.5 Å². The van der Waals surface area contributed by atoms with Gasteiger partial charge in [0, 0.05) is 24.9 Å². The predicted molar refractivity (Wildman–Crippen MR) is 136 cm³/mol. The zero-order chi connectivity index (χ0) is 23.6. The molecule has 4 aliphatic rings. The van der Waals surface area contributed by atoms with Gasteiger partial charge in [-0.3, -0.25) is 4.79 Å². The van der Waals surface area contributed by atoms with Crippen molar-refractivity contribution in [1.29, 1.82) is 0 Å². The number of fused-ring (bicyclic) bond motifs is 5. The van der Waals surface area contributed by atoms with Crippen LogP contribution in [0.2, 0.25) is 39.3 Å². The van der Waals surface area contributed by atoms with Crippen LogP contribution >= 0.6 is 0 Å². The zero-order valence-electron chi connectivity index (χ0n) is 21.7. The van der Waals surface area contributed by atoms with Gasteiger partial charge < -0.3 is 8.85 Å². The van der Waals surface area contributed by atoms with Gasteiger partial charge in [-0.15, -0.1) is 6.42 Å². The summed E-state index contributed by atoms with van der Waals surface area (Å²) in [7, 11) is -3.38. The Bertz CT molecular complexity index is 790. The number of carbonyl (C=O) groups is 1. The average molecular weight is 475 g/mol. The molecule has 0 radical (unpaired) electrons. The van der Waals surface area contributed by atoms with Gasteiger partial charge >= 0.3 is 0 Å². The van der Waals surface area contributed by atoms with Crippen LogP contribution in [0.3, 0.4) is 0 Å². The molecular formula is C27H46O3Si2. The molecule has 7 atom stereocenters. The molecule has 4 aliphatic carbocycles. The van der Waals surface area contributed by atoms with Crippen LogP contribution in [0.15, 0.2) is 0 Å². The lowest BCUT2D eigenvalue weighted by atomic mass is 9.44. The Balaban J connectivity index is 1.66. The summed E-state index contributed by atoms with van der Waals surface area (Å²) < 4.78 is 13.5. The van der Waals surface area contributed by atoms with E-state index in [9.17, 15) is 4.79 Å². The molecule has 180 valence electrons. The number of terminal acetylenes is 1. The van der Waals surface area contributed by atoms with E-state index in [1.165, 1.54) is 25.7 Å². The molecule has 2 unspecified atom stereocenters. The third-order valence-electron chi connectivity index (χ3n) is 9.79. The lowest BCUT2D eigenvalue weighted by Crippen LogP contribution is -2.60.